The summed E-state index contributed by atoms with van der Waals surface area (Å²) in [5.74, 6) is 1.36. The van der Waals surface area contributed by atoms with Crippen molar-refractivity contribution in [3.05, 3.63) is 29.8 Å². The lowest BCUT2D eigenvalue weighted by Crippen LogP contribution is -2.36. The Balaban J connectivity index is 1.73. The van der Waals surface area contributed by atoms with Gasteiger partial charge in [-0.2, -0.15) is 5.26 Å². The van der Waals surface area contributed by atoms with Gasteiger partial charge >= 0.3 is 0 Å². The number of nitrogens with zero attached hydrogens (tertiary/aromatic N) is 2. The number of hydrogen-bond acceptors (Lipinski definition) is 3. The second kappa shape index (κ2) is 7.10. The molecule has 1 aliphatic rings. The van der Waals surface area contributed by atoms with Crippen LogP contribution in [0.5, 0.6) is 5.75 Å². The van der Waals surface area contributed by atoms with E-state index in [1.165, 1.54) is 0 Å². The zero-order chi connectivity index (χ0) is 13.5. The van der Waals surface area contributed by atoms with Crippen molar-refractivity contribution in [2.45, 2.75) is 12.8 Å². The fourth-order valence-corrected chi connectivity index (χ4v) is 2.34. The molecule has 1 aliphatic heterocycles. The van der Waals surface area contributed by atoms with Gasteiger partial charge in [0.05, 0.1) is 18.2 Å². The molecule has 0 N–H and O–H groups in total. The zero-order valence-electron chi connectivity index (χ0n) is 11.0. The van der Waals surface area contributed by atoms with Gasteiger partial charge in [0.2, 0.25) is 0 Å². The van der Waals surface area contributed by atoms with Crippen molar-refractivity contribution < 1.29 is 9.13 Å². The highest BCUT2D eigenvalue weighted by atomic mass is 19.1. The lowest BCUT2D eigenvalue weighted by Gasteiger charge is -2.31. The summed E-state index contributed by atoms with van der Waals surface area (Å²) in [5, 5.41) is 8.71. The summed E-state index contributed by atoms with van der Waals surface area (Å²) in [6.45, 7) is 2.93. The van der Waals surface area contributed by atoms with Gasteiger partial charge in [0.25, 0.3) is 0 Å². The molecule has 0 unspecified atom stereocenters. The number of likely N-dealkylation sites (tertiary alicyclic amines) is 1. The van der Waals surface area contributed by atoms with Crippen LogP contribution in [-0.2, 0) is 0 Å². The average molecular weight is 262 g/mol. The highest BCUT2D eigenvalue weighted by molar-refractivity contribution is 5.34. The van der Waals surface area contributed by atoms with Gasteiger partial charge in [-0.1, -0.05) is 0 Å². The molecule has 0 spiro atoms. The molecule has 0 aromatic heterocycles. The molecule has 0 radical (unpaired) electrons. The highest BCUT2D eigenvalue weighted by Crippen LogP contribution is 2.19. The standard InChI is InChI=1S/C15H19FN2O/c16-7-10-18-8-5-14(6-9-18)12-19-15-3-1-13(11-17)2-4-15/h1-4,14H,5-10,12H2. The SMILES string of the molecule is N#Cc1ccc(OCC2CCN(CCF)CC2)cc1. The third kappa shape index (κ3) is 4.22. The van der Waals surface area contributed by atoms with Crippen LogP contribution in [0.1, 0.15) is 18.4 Å². The summed E-state index contributed by atoms with van der Waals surface area (Å²) in [6.07, 6.45) is 2.13. The molecule has 0 amide bonds. The van der Waals surface area contributed by atoms with Crippen LogP contribution < -0.4 is 4.74 Å². The van der Waals surface area contributed by atoms with Crippen molar-refractivity contribution in [1.82, 2.24) is 4.90 Å². The Labute approximate surface area is 113 Å². The van der Waals surface area contributed by atoms with E-state index in [1.807, 2.05) is 12.1 Å². The quantitative estimate of drug-likeness (QED) is 0.818. The first-order valence-electron chi connectivity index (χ1n) is 6.73. The Morgan fingerprint density at radius 1 is 1.26 bits per heavy atom. The number of ether oxygens (including phenoxy) is 1. The molecule has 102 valence electrons. The summed E-state index contributed by atoms with van der Waals surface area (Å²) in [7, 11) is 0. The molecule has 1 saturated heterocycles. The minimum atomic E-state index is -0.258. The van der Waals surface area contributed by atoms with Gasteiger partial charge in [-0.05, 0) is 56.1 Å². The number of alkyl halides is 1. The zero-order valence-corrected chi connectivity index (χ0v) is 11.0. The maximum Gasteiger partial charge on any atom is 0.119 e. The Bertz CT molecular complexity index is 419. The number of halogens is 1. The molecule has 1 aromatic carbocycles. The van der Waals surface area contributed by atoms with E-state index in [0.29, 0.717) is 24.6 Å². The summed E-state index contributed by atoms with van der Waals surface area (Å²) in [4.78, 5) is 2.16. The van der Waals surface area contributed by atoms with Gasteiger partial charge in [-0.3, -0.25) is 0 Å². The van der Waals surface area contributed by atoms with Crippen LogP contribution in [-0.4, -0.2) is 37.8 Å². The van der Waals surface area contributed by atoms with Crippen molar-refractivity contribution in [1.29, 1.82) is 5.26 Å². The summed E-state index contributed by atoms with van der Waals surface area (Å²) in [6, 6.07) is 9.27. The predicted octanol–water partition coefficient (Wildman–Crippen LogP) is 2.62. The fourth-order valence-electron chi connectivity index (χ4n) is 2.34. The fraction of sp³-hybridized carbons (Fsp3) is 0.533. The molecular weight excluding hydrogens is 243 g/mol. The van der Waals surface area contributed by atoms with Crippen LogP contribution in [0.4, 0.5) is 4.39 Å². The lowest BCUT2D eigenvalue weighted by atomic mass is 9.98. The van der Waals surface area contributed by atoms with Crippen molar-refractivity contribution in [2.75, 3.05) is 32.9 Å². The number of hydrogen-bond donors (Lipinski definition) is 0. The van der Waals surface area contributed by atoms with Gasteiger partial charge < -0.3 is 9.64 Å². The van der Waals surface area contributed by atoms with Gasteiger partial charge in [0.1, 0.15) is 12.4 Å². The average Bonchev–Trinajstić information content (AvgIpc) is 2.47. The smallest absolute Gasteiger partial charge is 0.119 e. The maximum absolute atomic E-state index is 12.2. The molecular formula is C15H19FN2O. The Morgan fingerprint density at radius 3 is 2.53 bits per heavy atom. The summed E-state index contributed by atoms with van der Waals surface area (Å²) < 4.78 is 18.0. The normalized spacial score (nSPS) is 17.1. The van der Waals surface area contributed by atoms with E-state index in [2.05, 4.69) is 11.0 Å². The first-order chi connectivity index (χ1) is 9.31. The lowest BCUT2D eigenvalue weighted by molar-refractivity contribution is 0.135. The number of rotatable bonds is 5. The van der Waals surface area contributed by atoms with Gasteiger partial charge in [-0.15, -0.1) is 0 Å². The van der Waals surface area contributed by atoms with Crippen LogP contribution in [0.2, 0.25) is 0 Å². The van der Waals surface area contributed by atoms with Crippen LogP contribution in [0.3, 0.4) is 0 Å². The van der Waals surface area contributed by atoms with Crippen molar-refractivity contribution in [3.63, 3.8) is 0 Å². The van der Waals surface area contributed by atoms with E-state index in [9.17, 15) is 4.39 Å². The van der Waals surface area contributed by atoms with E-state index in [0.717, 1.165) is 31.7 Å². The second-order valence-electron chi connectivity index (χ2n) is 4.92. The minimum Gasteiger partial charge on any atom is -0.493 e. The van der Waals surface area contributed by atoms with Crippen LogP contribution in [0.15, 0.2) is 24.3 Å². The molecule has 2 rings (SSSR count). The van der Waals surface area contributed by atoms with Gasteiger partial charge in [0.15, 0.2) is 0 Å². The molecule has 1 fully saturated rings. The second-order valence-corrected chi connectivity index (χ2v) is 4.92. The number of benzene rings is 1. The van der Waals surface area contributed by atoms with Crippen LogP contribution in [0, 0.1) is 17.2 Å². The molecule has 1 heterocycles. The Hall–Kier alpha value is -1.60. The van der Waals surface area contributed by atoms with E-state index < -0.39 is 0 Å². The molecule has 0 bridgehead atoms. The summed E-state index contributed by atoms with van der Waals surface area (Å²) in [5.41, 5.74) is 0.645. The maximum atomic E-state index is 12.2. The van der Waals surface area contributed by atoms with E-state index in [1.54, 1.807) is 12.1 Å². The monoisotopic (exact) mass is 262 g/mol. The first-order valence-corrected chi connectivity index (χ1v) is 6.73. The molecule has 4 heteroatoms. The minimum absolute atomic E-state index is 0.258. The molecule has 0 aliphatic carbocycles. The Kier molecular flexibility index (Phi) is 5.17. The first kappa shape index (κ1) is 13.8. The van der Waals surface area contributed by atoms with Crippen LogP contribution in [0.25, 0.3) is 0 Å². The number of nitriles is 1. The van der Waals surface area contributed by atoms with Gasteiger partial charge in [-0.25, -0.2) is 4.39 Å². The molecule has 0 saturated carbocycles. The predicted molar refractivity (Wildman–Crippen MR) is 71.8 cm³/mol. The third-order valence-corrected chi connectivity index (χ3v) is 3.58. The molecule has 1 aromatic rings. The van der Waals surface area contributed by atoms with Crippen LogP contribution >= 0.6 is 0 Å². The van der Waals surface area contributed by atoms with Crippen molar-refractivity contribution >= 4 is 0 Å². The largest absolute Gasteiger partial charge is 0.493 e. The van der Waals surface area contributed by atoms with E-state index in [-0.39, 0.29) is 6.67 Å². The molecule has 0 atom stereocenters. The molecule has 19 heavy (non-hydrogen) atoms. The summed E-state index contributed by atoms with van der Waals surface area (Å²) >= 11 is 0. The van der Waals surface area contributed by atoms with Gasteiger partial charge in [0, 0.05) is 6.54 Å². The third-order valence-electron chi connectivity index (χ3n) is 3.58. The number of piperidine rings is 1. The van der Waals surface area contributed by atoms with Crippen molar-refractivity contribution in [2.24, 2.45) is 5.92 Å². The van der Waals surface area contributed by atoms with Crippen molar-refractivity contribution in [3.8, 4) is 11.8 Å². The molecule has 3 nitrogen and oxygen atoms in total. The topological polar surface area (TPSA) is 36.3 Å². The van der Waals surface area contributed by atoms with E-state index >= 15 is 0 Å². The van der Waals surface area contributed by atoms with E-state index in [4.69, 9.17) is 10.00 Å². The highest BCUT2D eigenvalue weighted by Gasteiger charge is 2.19. The Morgan fingerprint density at radius 2 is 1.95 bits per heavy atom.